The molecule has 0 saturated heterocycles. The molecule has 6 nitrogen and oxygen atoms in total. The Labute approximate surface area is 127 Å². The van der Waals surface area contributed by atoms with Crippen LogP contribution in [0.25, 0.3) is 10.2 Å². The highest BCUT2D eigenvalue weighted by Crippen LogP contribution is 2.36. The third-order valence-corrected chi connectivity index (χ3v) is 4.58. The zero-order valence-electron chi connectivity index (χ0n) is 12.5. The average molecular weight is 308 g/mol. The second-order valence-electron chi connectivity index (χ2n) is 4.81. The van der Waals surface area contributed by atoms with Gasteiger partial charge >= 0.3 is 0 Å². The minimum absolute atomic E-state index is 0.0764. The number of nitrogens with two attached hydrogens (primary N) is 1. The summed E-state index contributed by atoms with van der Waals surface area (Å²) in [5.74, 6) is -0.190. The molecule has 2 aromatic rings. The molecule has 1 amide bonds. The van der Waals surface area contributed by atoms with E-state index in [-0.39, 0.29) is 19.1 Å². The summed E-state index contributed by atoms with van der Waals surface area (Å²) in [6.07, 6.45) is 1.59. The van der Waals surface area contributed by atoms with E-state index in [1.54, 1.807) is 7.05 Å². The van der Waals surface area contributed by atoms with Gasteiger partial charge in [0.25, 0.3) is 5.91 Å². The van der Waals surface area contributed by atoms with Crippen LogP contribution in [0.4, 0.5) is 5.69 Å². The lowest BCUT2D eigenvalue weighted by Crippen LogP contribution is -2.29. The van der Waals surface area contributed by atoms with E-state index in [9.17, 15) is 4.79 Å². The Kier molecular flexibility index (Phi) is 4.74. The Morgan fingerprint density at radius 3 is 2.62 bits per heavy atom. The molecular weight excluding hydrogens is 288 g/mol. The number of aliphatic hydroxyl groups excluding tert-OH is 1. The number of hydrogen-bond acceptors (Lipinski definition) is 6. The van der Waals surface area contributed by atoms with Crippen LogP contribution in [0.1, 0.15) is 34.8 Å². The molecule has 0 aliphatic rings. The Balaban J connectivity index is 2.58. The number of anilines is 1. The fraction of sp³-hybridized carbons (Fsp3) is 0.500. The number of fused-ring (bicyclic) bond motifs is 1. The first kappa shape index (κ1) is 15.7. The quantitative estimate of drug-likeness (QED) is 0.872. The van der Waals surface area contributed by atoms with Gasteiger partial charge in [-0.05, 0) is 18.4 Å². The van der Waals surface area contributed by atoms with Crippen molar-refractivity contribution in [3.05, 3.63) is 16.1 Å². The minimum Gasteiger partial charge on any atom is -0.397 e. The standard InChI is InChI=1S/C14H20N4O2S/c1-4-8-9(5-2)16-17-13-10(8)11(15)12(21-13)14(20)18(3)6-7-19/h19H,4-7,15H2,1-3H3. The van der Waals surface area contributed by atoms with Crippen molar-refractivity contribution in [3.63, 3.8) is 0 Å². The zero-order chi connectivity index (χ0) is 15.6. The smallest absolute Gasteiger partial charge is 0.265 e. The first-order valence-electron chi connectivity index (χ1n) is 6.97. The maximum absolute atomic E-state index is 12.4. The number of carbonyl (C=O) groups is 1. The third-order valence-electron chi connectivity index (χ3n) is 3.50. The van der Waals surface area contributed by atoms with E-state index < -0.39 is 0 Å². The first-order chi connectivity index (χ1) is 10.0. The van der Waals surface area contributed by atoms with Gasteiger partial charge in [-0.25, -0.2) is 0 Å². The van der Waals surface area contributed by atoms with E-state index in [0.717, 1.165) is 29.5 Å². The maximum atomic E-state index is 12.4. The Morgan fingerprint density at radius 2 is 2.05 bits per heavy atom. The van der Waals surface area contributed by atoms with Gasteiger partial charge in [-0.3, -0.25) is 4.79 Å². The topological polar surface area (TPSA) is 92.3 Å². The van der Waals surface area contributed by atoms with E-state index in [4.69, 9.17) is 10.8 Å². The van der Waals surface area contributed by atoms with Crippen LogP contribution in [0.3, 0.4) is 0 Å². The van der Waals surface area contributed by atoms with Crippen LogP contribution in [-0.4, -0.2) is 46.3 Å². The number of aliphatic hydroxyl groups is 1. The molecule has 0 aromatic carbocycles. The number of rotatable bonds is 5. The van der Waals surface area contributed by atoms with Crippen molar-refractivity contribution in [1.82, 2.24) is 15.1 Å². The molecule has 7 heteroatoms. The van der Waals surface area contributed by atoms with Crippen LogP contribution in [-0.2, 0) is 12.8 Å². The van der Waals surface area contributed by atoms with E-state index in [0.29, 0.717) is 15.4 Å². The van der Waals surface area contributed by atoms with Gasteiger partial charge in [0.05, 0.1) is 18.0 Å². The predicted molar refractivity (Wildman–Crippen MR) is 84.6 cm³/mol. The van der Waals surface area contributed by atoms with Gasteiger partial charge in [0, 0.05) is 19.0 Å². The largest absolute Gasteiger partial charge is 0.397 e. The Hall–Kier alpha value is -1.73. The molecular formula is C14H20N4O2S. The summed E-state index contributed by atoms with van der Waals surface area (Å²) in [5, 5.41) is 18.2. The summed E-state index contributed by atoms with van der Waals surface area (Å²) in [6.45, 7) is 4.27. The van der Waals surface area contributed by atoms with Crippen LogP contribution in [0.2, 0.25) is 0 Å². The van der Waals surface area contributed by atoms with E-state index in [1.165, 1.54) is 16.2 Å². The van der Waals surface area contributed by atoms with Gasteiger partial charge in [0.2, 0.25) is 0 Å². The van der Waals surface area contributed by atoms with Crippen molar-refractivity contribution < 1.29 is 9.90 Å². The van der Waals surface area contributed by atoms with Gasteiger partial charge in [0.15, 0.2) is 0 Å². The number of likely N-dealkylation sites (N-methyl/N-ethyl adjacent to an activating group) is 1. The molecule has 0 fully saturated rings. The zero-order valence-corrected chi connectivity index (χ0v) is 13.3. The molecule has 0 aliphatic heterocycles. The Morgan fingerprint density at radius 1 is 1.33 bits per heavy atom. The van der Waals surface area contributed by atoms with Gasteiger partial charge in [-0.2, -0.15) is 5.10 Å². The fourth-order valence-corrected chi connectivity index (χ4v) is 3.42. The van der Waals surface area contributed by atoms with Crippen molar-refractivity contribution >= 4 is 33.1 Å². The van der Waals surface area contributed by atoms with Gasteiger partial charge < -0.3 is 15.7 Å². The summed E-state index contributed by atoms with van der Waals surface area (Å²) in [6, 6.07) is 0. The molecule has 0 bridgehead atoms. The third kappa shape index (κ3) is 2.71. The molecule has 0 atom stereocenters. The molecule has 2 heterocycles. The minimum atomic E-state index is -0.190. The molecule has 3 N–H and O–H groups in total. The lowest BCUT2D eigenvalue weighted by atomic mass is 10.1. The van der Waals surface area contributed by atoms with Crippen LogP contribution in [0.15, 0.2) is 0 Å². The molecule has 2 rings (SSSR count). The monoisotopic (exact) mass is 308 g/mol. The summed E-state index contributed by atoms with van der Waals surface area (Å²) < 4.78 is 0. The van der Waals surface area contributed by atoms with Crippen LogP contribution in [0.5, 0.6) is 0 Å². The van der Waals surface area contributed by atoms with E-state index >= 15 is 0 Å². The number of aromatic nitrogens is 2. The summed E-state index contributed by atoms with van der Waals surface area (Å²) in [4.78, 5) is 15.0. The number of thiophene rings is 1. The SMILES string of the molecule is CCc1nnc2sc(C(=O)N(C)CCO)c(N)c2c1CC. The van der Waals surface area contributed by atoms with Crippen LogP contribution < -0.4 is 5.73 Å². The van der Waals surface area contributed by atoms with Gasteiger partial charge in [-0.1, -0.05) is 13.8 Å². The molecule has 0 saturated carbocycles. The van der Waals surface area contributed by atoms with Gasteiger partial charge in [-0.15, -0.1) is 16.4 Å². The van der Waals surface area contributed by atoms with Crippen molar-refractivity contribution in [2.75, 3.05) is 25.9 Å². The molecule has 2 aromatic heterocycles. The van der Waals surface area contributed by atoms with Crippen molar-refractivity contribution in [2.24, 2.45) is 0 Å². The number of nitrogens with zero attached hydrogens (tertiary/aromatic N) is 3. The van der Waals surface area contributed by atoms with Crippen LogP contribution >= 0.6 is 11.3 Å². The lowest BCUT2D eigenvalue weighted by Gasteiger charge is -2.14. The molecule has 114 valence electrons. The predicted octanol–water partition coefficient (Wildman–Crippen LogP) is 1.46. The van der Waals surface area contributed by atoms with Gasteiger partial charge in [0.1, 0.15) is 9.71 Å². The molecule has 0 aliphatic carbocycles. The number of aryl methyl sites for hydroxylation is 2. The Bertz CT molecular complexity index is 669. The second kappa shape index (κ2) is 6.36. The molecule has 0 spiro atoms. The highest BCUT2D eigenvalue weighted by atomic mass is 32.1. The van der Waals surface area contributed by atoms with E-state index in [2.05, 4.69) is 10.2 Å². The first-order valence-corrected chi connectivity index (χ1v) is 7.79. The highest BCUT2D eigenvalue weighted by molar-refractivity contribution is 7.21. The highest BCUT2D eigenvalue weighted by Gasteiger charge is 2.23. The normalized spacial score (nSPS) is 11.0. The fourth-order valence-electron chi connectivity index (χ4n) is 2.35. The van der Waals surface area contributed by atoms with E-state index in [1.807, 2.05) is 13.8 Å². The number of nitrogen functional groups attached to an aromatic ring is 1. The average Bonchev–Trinajstić information content (AvgIpc) is 2.83. The summed E-state index contributed by atoms with van der Waals surface area (Å²) >= 11 is 1.26. The second-order valence-corrected chi connectivity index (χ2v) is 5.81. The summed E-state index contributed by atoms with van der Waals surface area (Å²) in [7, 11) is 1.65. The molecule has 21 heavy (non-hydrogen) atoms. The van der Waals surface area contributed by atoms with Crippen molar-refractivity contribution in [1.29, 1.82) is 0 Å². The van der Waals surface area contributed by atoms with Crippen LogP contribution in [0, 0.1) is 0 Å². The molecule has 0 radical (unpaired) electrons. The number of hydrogen-bond donors (Lipinski definition) is 2. The maximum Gasteiger partial charge on any atom is 0.265 e. The van der Waals surface area contributed by atoms with Crippen molar-refractivity contribution in [2.45, 2.75) is 26.7 Å². The summed E-state index contributed by atoms with van der Waals surface area (Å²) in [5.41, 5.74) is 8.68. The number of amides is 1. The lowest BCUT2D eigenvalue weighted by molar-refractivity contribution is 0.0772. The molecule has 0 unspecified atom stereocenters. The number of carbonyl (C=O) groups excluding carboxylic acids is 1. The van der Waals surface area contributed by atoms with Crippen molar-refractivity contribution in [3.8, 4) is 0 Å².